The number of aryl methyl sites for hydroxylation is 1. The quantitative estimate of drug-likeness (QED) is 0.883. The van der Waals surface area contributed by atoms with E-state index in [1.165, 1.54) is 11.1 Å². The summed E-state index contributed by atoms with van der Waals surface area (Å²) < 4.78 is 5.49. The van der Waals surface area contributed by atoms with Crippen LogP contribution in [0.25, 0.3) is 0 Å². The Bertz CT molecular complexity index is 583. The summed E-state index contributed by atoms with van der Waals surface area (Å²) in [4.78, 5) is 0. The number of halogens is 1. The molecule has 0 bridgehead atoms. The van der Waals surface area contributed by atoms with Gasteiger partial charge in [-0.05, 0) is 42.8 Å². The van der Waals surface area contributed by atoms with Crippen LogP contribution in [0.3, 0.4) is 0 Å². The second kappa shape index (κ2) is 6.78. The molecule has 0 aliphatic carbocycles. The number of rotatable bonds is 5. The lowest BCUT2D eigenvalue weighted by Crippen LogP contribution is -2.23. The van der Waals surface area contributed by atoms with Crippen LogP contribution in [0.4, 0.5) is 0 Å². The van der Waals surface area contributed by atoms with Crippen LogP contribution in [0.15, 0.2) is 42.5 Å². The second-order valence-electron chi connectivity index (χ2n) is 4.73. The van der Waals surface area contributed by atoms with Crippen LogP contribution in [0.1, 0.15) is 29.7 Å². The molecule has 0 aliphatic heterocycles. The first kappa shape index (κ1) is 14.9. The van der Waals surface area contributed by atoms with Gasteiger partial charge in [-0.25, -0.2) is 0 Å². The van der Waals surface area contributed by atoms with Crippen molar-refractivity contribution in [3.05, 3.63) is 64.2 Å². The Hall–Kier alpha value is -1.51. The molecular weight excluding hydrogens is 270 g/mol. The van der Waals surface area contributed by atoms with Crippen LogP contribution in [0.2, 0.25) is 5.02 Å². The molecule has 0 saturated heterocycles. The largest absolute Gasteiger partial charge is 0.496 e. The lowest BCUT2D eigenvalue weighted by atomic mass is 9.94. The summed E-state index contributed by atoms with van der Waals surface area (Å²) in [5.74, 6) is 0.896. The van der Waals surface area contributed by atoms with E-state index in [1.54, 1.807) is 7.11 Å². The van der Waals surface area contributed by atoms with Crippen LogP contribution in [-0.4, -0.2) is 13.7 Å². The standard InChI is InChI=1S/C17H20ClNO/c1-4-19-17(14-10-9-13(18)11-12(14)2)15-7-5-6-8-16(15)20-3/h5-11,17,19H,4H2,1-3H3. The molecule has 0 radical (unpaired) electrons. The van der Waals surface area contributed by atoms with Crippen molar-refractivity contribution in [2.75, 3.05) is 13.7 Å². The van der Waals surface area contributed by atoms with Crippen LogP contribution < -0.4 is 10.1 Å². The van der Waals surface area contributed by atoms with Gasteiger partial charge in [0, 0.05) is 10.6 Å². The van der Waals surface area contributed by atoms with Crippen molar-refractivity contribution < 1.29 is 4.74 Å². The highest BCUT2D eigenvalue weighted by molar-refractivity contribution is 6.30. The van der Waals surface area contributed by atoms with E-state index >= 15 is 0 Å². The predicted molar refractivity (Wildman–Crippen MR) is 84.7 cm³/mol. The van der Waals surface area contributed by atoms with E-state index in [2.05, 4.69) is 31.3 Å². The highest BCUT2D eigenvalue weighted by atomic mass is 35.5. The van der Waals surface area contributed by atoms with Gasteiger partial charge in [-0.3, -0.25) is 0 Å². The molecular formula is C17H20ClNO. The zero-order valence-corrected chi connectivity index (χ0v) is 12.9. The highest BCUT2D eigenvalue weighted by Crippen LogP contribution is 2.32. The molecule has 2 aromatic rings. The van der Waals surface area contributed by atoms with Crippen molar-refractivity contribution in [1.29, 1.82) is 0 Å². The number of para-hydroxylation sites is 1. The lowest BCUT2D eigenvalue weighted by Gasteiger charge is -2.23. The Kier molecular flexibility index (Phi) is 5.05. The van der Waals surface area contributed by atoms with Crippen LogP contribution >= 0.6 is 11.6 Å². The fourth-order valence-electron chi connectivity index (χ4n) is 2.46. The number of nitrogens with one attached hydrogen (secondary N) is 1. The van der Waals surface area contributed by atoms with Crippen LogP contribution in [0, 0.1) is 6.92 Å². The minimum Gasteiger partial charge on any atom is -0.496 e. The van der Waals surface area contributed by atoms with E-state index in [0.29, 0.717) is 0 Å². The molecule has 0 aliphatic rings. The number of ether oxygens (including phenoxy) is 1. The molecule has 2 aromatic carbocycles. The average Bonchev–Trinajstić information content (AvgIpc) is 2.45. The van der Waals surface area contributed by atoms with Gasteiger partial charge in [0.15, 0.2) is 0 Å². The first-order chi connectivity index (χ1) is 9.67. The summed E-state index contributed by atoms with van der Waals surface area (Å²) in [5, 5.41) is 4.29. The molecule has 106 valence electrons. The lowest BCUT2D eigenvalue weighted by molar-refractivity contribution is 0.404. The van der Waals surface area contributed by atoms with Gasteiger partial charge in [-0.2, -0.15) is 0 Å². The molecule has 1 N–H and O–H groups in total. The van der Waals surface area contributed by atoms with Crippen molar-refractivity contribution in [2.24, 2.45) is 0 Å². The van der Waals surface area contributed by atoms with E-state index < -0.39 is 0 Å². The summed E-state index contributed by atoms with van der Waals surface area (Å²) >= 11 is 6.06. The van der Waals surface area contributed by atoms with E-state index in [0.717, 1.165) is 22.9 Å². The molecule has 1 unspecified atom stereocenters. The normalized spacial score (nSPS) is 12.2. The maximum atomic E-state index is 6.06. The smallest absolute Gasteiger partial charge is 0.123 e. The van der Waals surface area contributed by atoms with E-state index in [1.807, 2.05) is 30.3 Å². The van der Waals surface area contributed by atoms with Gasteiger partial charge < -0.3 is 10.1 Å². The maximum absolute atomic E-state index is 6.06. The molecule has 0 saturated carbocycles. The molecule has 0 spiro atoms. The monoisotopic (exact) mass is 289 g/mol. The zero-order chi connectivity index (χ0) is 14.5. The van der Waals surface area contributed by atoms with E-state index in [9.17, 15) is 0 Å². The fraction of sp³-hybridized carbons (Fsp3) is 0.294. The summed E-state index contributed by atoms with van der Waals surface area (Å²) in [6.07, 6.45) is 0. The van der Waals surface area contributed by atoms with Gasteiger partial charge >= 0.3 is 0 Å². The van der Waals surface area contributed by atoms with Gasteiger partial charge in [0.1, 0.15) is 5.75 Å². The third kappa shape index (κ3) is 3.14. The molecule has 2 nitrogen and oxygen atoms in total. The van der Waals surface area contributed by atoms with Gasteiger partial charge in [-0.15, -0.1) is 0 Å². The topological polar surface area (TPSA) is 21.3 Å². The molecule has 0 heterocycles. The first-order valence-corrected chi connectivity index (χ1v) is 7.17. The molecule has 0 amide bonds. The van der Waals surface area contributed by atoms with E-state index in [-0.39, 0.29) is 6.04 Å². The van der Waals surface area contributed by atoms with Crippen LogP contribution in [0.5, 0.6) is 5.75 Å². The molecule has 3 heteroatoms. The van der Waals surface area contributed by atoms with Gasteiger partial charge in [-0.1, -0.05) is 42.8 Å². The highest BCUT2D eigenvalue weighted by Gasteiger charge is 2.18. The summed E-state index contributed by atoms with van der Waals surface area (Å²) in [6.45, 7) is 5.07. The third-order valence-corrected chi connectivity index (χ3v) is 3.64. The molecule has 0 fully saturated rings. The minimum absolute atomic E-state index is 0.105. The fourth-order valence-corrected chi connectivity index (χ4v) is 2.69. The maximum Gasteiger partial charge on any atom is 0.123 e. The SMILES string of the molecule is CCNC(c1ccc(Cl)cc1C)c1ccccc1OC. The Morgan fingerprint density at radius 2 is 1.90 bits per heavy atom. The molecule has 20 heavy (non-hydrogen) atoms. The minimum atomic E-state index is 0.105. The van der Waals surface area contributed by atoms with Gasteiger partial charge in [0.25, 0.3) is 0 Å². The number of hydrogen-bond donors (Lipinski definition) is 1. The summed E-state index contributed by atoms with van der Waals surface area (Å²) in [5.41, 5.74) is 3.54. The zero-order valence-electron chi connectivity index (χ0n) is 12.1. The summed E-state index contributed by atoms with van der Waals surface area (Å²) in [7, 11) is 1.70. The third-order valence-electron chi connectivity index (χ3n) is 3.40. The van der Waals surface area contributed by atoms with Gasteiger partial charge in [0.2, 0.25) is 0 Å². The van der Waals surface area contributed by atoms with Crippen molar-refractivity contribution in [3.63, 3.8) is 0 Å². The summed E-state index contributed by atoms with van der Waals surface area (Å²) in [6, 6.07) is 14.2. The van der Waals surface area contributed by atoms with Crippen molar-refractivity contribution >= 4 is 11.6 Å². The molecule has 1 atom stereocenters. The molecule has 2 rings (SSSR count). The van der Waals surface area contributed by atoms with Crippen LogP contribution in [-0.2, 0) is 0 Å². The average molecular weight is 290 g/mol. The Balaban J connectivity index is 2.50. The number of benzene rings is 2. The van der Waals surface area contributed by atoms with Gasteiger partial charge in [0.05, 0.1) is 13.2 Å². The molecule has 0 aromatic heterocycles. The Morgan fingerprint density at radius 3 is 2.55 bits per heavy atom. The van der Waals surface area contributed by atoms with Crippen molar-refractivity contribution in [1.82, 2.24) is 5.32 Å². The first-order valence-electron chi connectivity index (χ1n) is 6.79. The number of hydrogen-bond acceptors (Lipinski definition) is 2. The number of methoxy groups -OCH3 is 1. The second-order valence-corrected chi connectivity index (χ2v) is 5.17. The van der Waals surface area contributed by atoms with Crippen molar-refractivity contribution in [3.8, 4) is 5.75 Å². The Morgan fingerprint density at radius 1 is 1.15 bits per heavy atom. The Labute approximate surface area is 125 Å². The van der Waals surface area contributed by atoms with E-state index in [4.69, 9.17) is 16.3 Å². The predicted octanol–water partition coefficient (Wildman–Crippen LogP) is 4.36. The van der Waals surface area contributed by atoms with Crippen molar-refractivity contribution in [2.45, 2.75) is 19.9 Å².